The van der Waals surface area contributed by atoms with Crippen molar-refractivity contribution in [2.24, 2.45) is 0 Å². The van der Waals surface area contributed by atoms with Gasteiger partial charge in [-0.2, -0.15) is 0 Å². The number of aryl methyl sites for hydroxylation is 1. The molecular weight excluding hydrogens is 520 g/mol. The van der Waals surface area contributed by atoms with Crippen LogP contribution in [0.5, 0.6) is 0 Å². The van der Waals surface area contributed by atoms with Crippen molar-refractivity contribution in [3.8, 4) is 44.8 Å². The van der Waals surface area contributed by atoms with Gasteiger partial charge in [0.2, 0.25) is 0 Å². The Labute approximate surface area is 252 Å². The first-order valence-electron chi connectivity index (χ1n) is 15.0. The standard InChI is InChI=1S/C41H30N2/c1-27-16-17-30-25-33(19-18-29(30)24-27)41-36-12-4-2-10-34(36)40(35-11-3-5-13-37(35)41)32-9-6-8-31(26-32)39-15-7-14-38(43-39)28-20-22-42-23-21-28/h2-15,18-26H,16-17H2,1H3. The van der Waals surface area contributed by atoms with E-state index in [0.717, 1.165) is 35.4 Å². The quantitative estimate of drug-likeness (QED) is 0.204. The van der Waals surface area contributed by atoms with Gasteiger partial charge in [0.1, 0.15) is 0 Å². The highest BCUT2D eigenvalue weighted by Crippen LogP contribution is 2.44. The molecule has 1 aliphatic carbocycles. The van der Waals surface area contributed by atoms with E-state index in [1.165, 1.54) is 60.5 Å². The first kappa shape index (κ1) is 25.4. The molecule has 8 rings (SSSR count). The number of fused-ring (bicyclic) bond motifs is 3. The lowest BCUT2D eigenvalue weighted by Crippen LogP contribution is -1.98. The van der Waals surface area contributed by atoms with Crippen LogP contribution in [0.4, 0.5) is 0 Å². The molecule has 0 amide bonds. The zero-order chi connectivity index (χ0) is 28.8. The summed E-state index contributed by atoms with van der Waals surface area (Å²) in [6.07, 6.45) is 8.20. The van der Waals surface area contributed by atoms with Gasteiger partial charge >= 0.3 is 0 Å². The van der Waals surface area contributed by atoms with Gasteiger partial charge in [0.05, 0.1) is 11.4 Å². The third-order valence-corrected chi connectivity index (χ3v) is 8.73. The van der Waals surface area contributed by atoms with Crippen LogP contribution in [0.2, 0.25) is 0 Å². The molecule has 2 nitrogen and oxygen atoms in total. The third-order valence-electron chi connectivity index (χ3n) is 8.73. The van der Waals surface area contributed by atoms with Gasteiger partial charge in [-0.1, -0.05) is 103 Å². The highest BCUT2D eigenvalue weighted by molar-refractivity contribution is 6.21. The summed E-state index contributed by atoms with van der Waals surface area (Å²) in [5.41, 5.74) is 13.4. The summed E-state index contributed by atoms with van der Waals surface area (Å²) in [7, 11) is 0. The van der Waals surface area contributed by atoms with Gasteiger partial charge in [-0.05, 0) is 105 Å². The van der Waals surface area contributed by atoms with Crippen LogP contribution in [0.1, 0.15) is 24.5 Å². The summed E-state index contributed by atoms with van der Waals surface area (Å²) in [4.78, 5) is 9.20. The van der Waals surface area contributed by atoms with Crippen molar-refractivity contribution in [3.05, 3.63) is 150 Å². The fourth-order valence-corrected chi connectivity index (χ4v) is 6.65. The molecule has 0 fully saturated rings. The zero-order valence-electron chi connectivity index (χ0n) is 24.1. The number of aromatic nitrogens is 2. The van der Waals surface area contributed by atoms with Crippen molar-refractivity contribution in [2.45, 2.75) is 19.8 Å². The van der Waals surface area contributed by atoms with Gasteiger partial charge in [-0.3, -0.25) is 4.98 Å². The lowest BCUT2D eigenvalue weighted by Gasteiger charge is -2.20. The molecule has 0 atom stereocenters. The van der Waals surface area contributed by atoms with Gasteiger partial charge in [-0.15, -0.1) is 0 Å². The zero-order valence-corrected chi connectivity index (χ0v) is 24.1. The van der Waals surface area contributed by atoms with E-state index in [-0.39, 0.29) is 0 Å². The Kier molecular flexibility index (Phi) is 6.19. The van der Waals surface area contributed by atoms with Crippen LogP contribution >= 0.6 is 0 Å². The molecule has 2 heterocycles. The summed E-state index contributed by atoms with van der Waals surface area (Å²) in [5, 5.41) is 5.09. The average molecular weight is 551 g/mol. The van der Waals surface area contributed by atoms with E-state index >= 15 is 0 Å². The number of nitrogens with zero attached hydrogens (tertiary/aromatic N) is 2. The minimum Gasteiger partial charge on any atom is -0.265 e. The number of hydrogen-bond acceptors (Lipinski definition) is 2. The fraction of sp³-hybridized carbons (Fsp3) is 0.0732. The highest BCUT2D eigenvalue weighted by Gasteiger charge is 2.18. The Bertz CT molecular complexity index is 2130. The number of hydrogen-bond donors (Lipinski definition) is 0. The van der Waals surface area contributed by atoms with Crippen LogP contribution in [0.15, 0.2) is 139 Å². The van der Waals surface area contributed by atoms with E-state index in [1.54, 1.807) is 0 Å². The molecule has 1 aliphatic rings. The summed E-state index contributed by atoms with van der Waals surface area (Å²) in [6, 6.07) is 43.9. The molecule has 2 heteroatoms. The number of rotatable bonds is 4. The second kappa shape index (κ2) is 10.5. The molecule has 0 spiro atoms. The largest absolute Gasteiger partial charge is 0.265 e. The molecule has 0 unspecified atom stereocenters. The van der Waals surface area contributed by atoms with Crippen molar-refractivity contribution < 1.29 is 0 Å². The third kappa shape index (κ3) is 4.52. The molecule has 0 saturated heterocycles. The van der Waals surface area contributed by atoms with Gasteiger partial charge < -0.3 is 0 Å². The molecule has 0 bridgehead atoms. The molecule has 5 aromatic carbocycles. The second-order valence-corrected chi connectivity index (χ2v) is 11.5. The summed E-state index contributed by atoms with van der Waals surface area (Å²) < 4.78 is 0. The molecular formula is C41H30N2. The predicted octanol–water partition coefficient (Wildman–Crippen LogP) is 10.8. The predicted molar refractivity (Wildman–Crippen MR) is 181 cm³/mol. The molecule has 0 N–H and O–H groups in total. The Balaban J connectivity index is 1.33. The Hall–Kier alpha value is -5.34. The molecule has 43 heavy (non-hydrogen) atoms. The minimum absolute atomic E-state index is 0.946. The number of benzene rings is 5. The lowest BCUT2D eigenvalue weighted by atomic mass is 9.84. The summed E-state index contributed by atoms with van der Waals surface area (Å²) in [5.74, 6) is 0. The molecule has 2 aromatic heterocycles. The first-order chi connectivity index (χ1) is 21.2. The second-order valence-electron chi connectivity index (χ2n) is 11.5. The molecule has 204 valence electrons. The van der Waals surface area contributed by atoms with Crippen LogP contribution in [0, 0.1) is 0 Å². The monoisotopic (exact) mass is 550 g/mol. The maximum atomic E-state index is 5.03. The van der Waals surface area contributed by atoms with Crippen LogP contribution in [-0.2, 0) is 6.42 Å². The van der Waals surface area contributed by atoms with Gasteiger partial charge in [0, 0.05) is 23.5 Å². The molecule has 0 radical (unpaired) electrons. The van der Waals surface area contributed by atoms with E-state index in [0.29, 0.717) is 0 Å². The Morgan fingerprint density at radius 3 is 1.74 bits per heavy atom. The van der Waals surface area contributed by atoms with Gasteiger partial charge in [-0.25, -0.2) is 4.98 Å². The average Bonchev–Trinajstić information content (AvgIpc) is 3.07. The van der Waals surface area contributed by atoms with E-state index in [9.17, 15) is 0 Å². The van der Waals surface area contributed by atoms with Gasteiger partial charge in [0.15, 0.2) is 0 Å². The van der Waals surface area contributed by atoms with Crippen molar-refractivity contribution in [3.63, 3.8) is 0 Å². The Morgan fingerprint density at radius 1 is 0.488 bits per heavy atom. The topological polar surface area (TPSA) is 25.8 Å². The van der Waals surface area contributed by atoms with Crippen LogP contribution in [0.25, 0.3) is 72.4 Å². The van der Waals surface area contributed by atoms with Crippen molar-refractivity contribution in [1.82, 2.24) is 9.97 Å². The van der Waals surface area contributed by atoms with E-state index in [4.69, 9.17) is 4.98 Å². The summed E-state index contributed by atoms with van der Waals surface area (Å²) >= 11 is 0. The number of allylic oxidation sites excluding steroid dienone is 1. The Morgan fingerprint density at radius 2 is 1.07 bits per heavy atom. The van der Waals surface area contributed by atoms with Gasteiger partial charge in [0.25, 0.3) is 0 Å². The fourth-order valence-electron chi connectivity index (χ4n) is 6.65. The normalized spacial score (nSPS) is 12.7. The number of pyridine rings is 2. The minimum atomic E-state index is 0.946. The highest BCUT2D eigenvalue weighted by atomic mass is 14.7. The van der Waals surface area contributed by atoms with Crippen molar-refractivity contribution in [1.29, 1.82) is 0 Å². The SMILES string of the molecule is CC1=Cc2ccc(-c3c4ccccc4c(-c4cccc(-c5cccc(-c6ccncc6)n5)c4)c4ccccc34)cc2CC1. The van der Waals surface area contributed by atoms with Crippen molar-refractivity contribution >= 4 is 27.6 Å². The van der Waals surface area contributed by atoms with E-state index in [1.807, 2.05) is 24.5 Å². The summed E-state index contributed by atoms with van der Waals surface area (Å²) in [6.45, 7) is 2.24. The van der Waals surface area contributed by atoms with E-state index in [2.05, 4.69) is 127 Å². The first-order valence-corrected chi connectivity index (χ1v) is 15.0. The smallest absolute Gasteiger partial charge is 0.0710 e. The van der Waals surface area contributed by atoms with Crippen LogP contribution in [-0.4, -0.2) is 9.97 Å². The lowest BCUT2D eigenvalue weighted by molar-refractivity contribution is 0.928. The molecule has 0 saturated carbocycles. The maximum Gasteiger partial charge on any atom is 0.0710 e. The van der Waals surface area contributed by atoms with Crippen LogP contribution in [0.3, 0.4) is 0 Å². The van der Waals surface area contributed by atoms with Crippen LogP contribution < -0.4 is 0 Å². The van der Waals surface area contributed by atoms with Crippen molar-refractivity contribution in [2.75, 3.05) is 0 Å². The van der Waals surface area contributed by atoms with E-state index < -0.39 is 0 Å². The molecule has 7 aromatic rings. The molecule has 0 aliphatic heterocycles. The maximum absolute atomic E-state index is 5.03.